The Bertz CT molecular complexity index is 361. The molecular weight excluding hydrogens is 196 g/mol. The number of anilines is 1. The van der Waals surface area contributed by atoms with E-state index in [1.165, 1.54) is 6.26 Å². The monoisotopic (exact) mass is 210 g/mol. The minimum absolute atomic E-state index is 0.215. The van der Waals surface area contributed by atoms with Crippen LogP contribution in [0.4, 0.5) is 6.01 Å². The molecule has 0 spiro atoms. The first-order valence-corrected chi connectivity index (χ1v) is 5.10. The first-order valence-electron chi connectivity index (χ1n) is 5.10. The van der Waals surface area contributed by atoms with Crippen molar-refractivity contribution in [2.45, 2.75) is 26.3 Å². The maximum Gasteiger partial charge on any atom is 0.360 e. The molecule has 2 atom stereocenters. The molecule has 2 unspecified atom stereocenters. The van der Waals surface area contributed by atoms with E-state index in [1.807, 2.05) is 0 Å². The fourth-order valence-corrected chi connectivity index (χ4v) is 1.32. The summed E-state index contributed by atoms with van der Waals surface area (Å²) in [7, 11) is 0. The number of oxazole rings is 1. The fraction of sp³-hybridized carbons (Fsp3) is 0.600. The zero-order valence-electron chi connectivity index (χ0n) is 8.82. The van der Waals surface area contributed by atoms with E-state index in [0.29, 0.717) is 24.6 Å². The van der Waals surface area contributed by atoms with E-state index < -0.39 is 5.97 Å². The highest BCUT2D eigenvalue weighted by Gasteiger charge is 2.33. The van der Waals surface area contributed by atoms with Gasteiger partial charge < -0.3 is 14.5 Å². The van der Waals surface area contributed by atoms with Gasteiger partial charge in [0.1, 0.15) is 6.26 Å². The third-order valence-electron chi connectivity index (χ3n) is 2.41. The van der Waals surface area contributed by atoms with Crippen LogP contribution >= 0.6 is 0 Å². The molecular formula is C10H14N2O3. The van der Waals surface area contributed by atoms with E-state index in [9.17, 15) is 4.79 Å². The molecule has 1 heterocycles. The van der Waals surface area contributed by atoms with Gasteiger partial charge in [0.25, 0.3) is 6.01 Å². The van der Waals surface area contributed by atoms with Gasteiger partial charge in [-0.05, 0) is 19.3 Å². The zero-order chi connectivity index (χ0) is 10.8. The van der Waals surface area contributed by atoms with Crippen molar-refractivity contribution in [2.75, 3.05) is 11.9 Å². The van der Waals surface area contributed by atoms with Crippen LogP contribution in [0.2, 0.25) is 0 Å². The molecule has 0 amide bonds. The largest absolute Gasteiger partial charge is 0.461 e. The molecule has 0 radical (unpaired) electrons. The Morgan fingerprint density at radius 1 is 1.80 bits per heavy atom. The van der Waals surface area contributed by atoms with Crippen LogP contribution in [0, 0.1) is 5.92 Å². The normalized spacial score (nSPS) is 23.6. The van der Waals surface area contributed by atoms with Gasteiger partial charge in [0.2, 0.25) is 0 Å². The second-order valence-corrected chi connectivity index (χ2v) is 3.72. The zero-order valence-corrected chi connectivity index (χ0v) is 8.82. The van der Waals surface area contributed by atoms with E-state index in [0.717, 1.165) is 6.42 Å². The minimum Gasteiger partial charge on any atom is -0.461 e. The van der Waals surface area contributed by atoms with Crippen molar-refractivity contribution in [3.05, 3.63) is 12.0 Å². The molecule has 1 saturated carbocycles. The third-order valence-corrected chi connectivity index (χ3v) is 2.41. The number of hydrogen-bond donors (Lipinski definition) is 1. The number of carbonyl (C=O) groups is 1. The Morgan fingerprint density at radius 2 is 2.53 bits per heavy atom. The molecule has 1 N–H and O–H groups in total. The van der Waals surface area contributed by atoms with Crippen LogP contribution in [0.15, 0.2) is 10.7 Å². The van der Waals surface area contributed by atoms with E-state index >= 15 is 0 Å². The second kappa shape index (κ2) is 3.92. The van der Waals surface area contributed by atoms with Gasteiger partial charge in [-0.25, -0.2) is 4.79 Å². The van der Waals surface area contributed by atoms with E-state index in [4.69, 9.17) is 9.15 Å². The summed E-state index contributed by atoms with van der Waals surface area (Å²) in [5.41, 5.74) is 0.215. The van der Waals surface area contributed by atoms with Crippen molar-refractivity contribution in [3.63, 3.8) is 0 Å². The predicted octanol–water partition coefficient (Wildman–Crippen LogP) is 1.67. The minimum atomic E-state index is -0.446. The lowest BCUT2D eigenvalue weighted by molar-refractivity contribution is 0.0519. The maximum absolute atomic E-state index is 11.3. The second-order valence-electron chi connectivity index (χ2n) is 3.72. The molecule has 0 aliphatic heterocycles. The number of nitrogens with zero attached hydrogens (tertiary/aromatic N) is 1. The van der Waals surface area contributed by atoms with Gasteiger partial charge in [0, 0.05) is 6.04 Å². The Morgan fingerprint density at radius 3 is 3.13 bits per heavy atom. The Hall–Kier alpha value is -1.52. The van der Waals surface area contributed by atoms with E-state index in [2.05, 4.69) is 17.2 Å². The van der Waals surface area contributed by atoms with Crippen molar-refractivity contribution in [3.8, 4) is 0 Å². The number of nitrogens with one attached hydrogen (secondary N) is 1. The quantitative estimate of drug-likeness (QED) is 0.766. The SMILES string of the molecule is CCOC(=O)c1coc(NC2CC2C)n1. The maximum atomic E-state index is 11.3. The van der Waals surface area contributed by atoms with Crippen LogP contribution in [-0.4, -0.2) is 23.6 Å². The molecule has 0 saturated heterocycles. The molecule has 1 aliphatic rings. The molecule has 1 aliphatic carbocycles. The van der Waals surface area contributed by atoms with Crippen LogP contribution in [0.5, 0.6) is 0 Å². The van der Waals surface area contributed by atoms with Gasteiger partial charge in [-0.15, -0.1) is 0 Å². The number of esters is 1. The van der Waals surface area contributed by atoms with E-state index in [1.54, 1.807) is 6.92 Å². The highest BCUT2D eigenvalue weighted by molar-refractivity contribution is 5.87. The molecule has 1 aromatic rings. The molecule has 5 nitrogen and oxygen atoms in total. The van der Waals surface area contributed by atoms with Crippen LogP contribution < -0.4 is 5.32 Å². The summed E-state index contributed by atoms with van der Waals surface area (Å²) >= 11 is 0. The average molecular weight is 210 g/mol. The molecule has 15 heavy (non-hydrogen) atoms. The summed E-state index contributed by atoms with van der Waals surface area (Å²) in [4.78, 5) is 15.2. The molecule has 82 valence electrons. The van der Waals surface area contributed by atoms with Gasteiger partial charge >= 0.3 is 5.97 Å². The lowest BCUT2D eigenvalue weighted by atomic mass is 10.5. The summed E-state index contributed by atoms with van der Waals surface area (Å²) in [5, 5.41) is 3.10. The summed E-state index contributed by atoms with van der Waals surface area (Å²) in [6.07, 6.45) is 2.44. The first-order chi connectivity index (χ1) is 7.20. The summed E-state index contributed by atoms with van der Waals surface area (Å²) in [6, 6.07) is 0.825. The fourth-order valence-electron chi connectivity index (χ4n) is 1.32. The van der Waals surface area contributed by atoms with Crippen LogP contribution in [-0.2, 0) is 4.74 Å². The Kier molecular flexibility index (Phi) is 2.62. The van der Waals surface area contributed by atoms with Gasteiger partial charge in [-0.2, -0.15) is 4.98 Å². The van der Waals surface area contributed by atoms with Crippen molar-refractivity contribution in [1.29, 1.82) is 0 Å². The number of rotatable bonds is 4. The van der Waals surface area contributed by atoms with Crippen molar-refractivity contribution in [2.24, 2.45) is 5.92 Å². The lowest BCUT2D eigenvalue weighted by Crippen LogP contribution is -2.07. The number of carbonyl (C=O) groups excluding carboxylic acids is 1. The Balaban J connectivity index is 1.94. The molecule has 0 bridgehead atoms. The standard InChI is InChI=1S/C10H14N2O3/c1-3-14-9(13)8-5-15-10(12-8)11-7-4-6(7)2/h5-7H,3-4H2,1-2H3,(H,11,12). The van der Waals surface area contributed by atoms with Crippen LogP contribution in [0.25, 0.3) is 0 Å². The first kappa shape index (κ1) is 10.0. The number of aromatic nitrogens is 1. The number of hydrogen-bond acceptors (Lipinski definition) is 5. The lowest BCUT2D eigenvalue weighted by Gasteiger charge is -1.97. The van der Waals surface area contributed by atoms with Gasteiger partial charge in [-0.1, -0.05) is 6.92 Å². The van der Waals surface area contributed by atoms with Gasteiger partial charge in [-0.3, -0.25) is 0 Å². The van der Waals surface area contributed by atoms with Crippen molar-refractivity contribution < 1.29 is 13.9 Å². The van der Waals surface area contributed by atoms with Gasteiger partial charge in [0.05, 0.1) is 6.61 Å². The molecule has 1 fully saturated rings. The summed E-state index contributed by atoms with van der Waals surface area (Å²) < 4.78 is 9.90. The molecule has 2 rings (SSSR count). The van der Waals surface area contributed by atoms with E-state index in [-0.39, 0.29) is 5.69 Å². The highest BCUT2D eigenvalue weighted by atomic mass is 16.5. The smallest absolute Gasteiger partial charge is 0.360 e. The molecule has 0 aromatic carbocycles. The van der Waals surface area contributed by atoms with Crippen molar-refractivity contribution in [1.82, 2.24) is 4.98 Å². The van der Waals surface area contributed by atoms with Crippen LogP contribution in [0.3, 0.4) is 0 Å². The average Bonchev–Trinajstić information content (AvgIpc) is 2.72. The molecule has 1 aromatic heterocycles. The third kappa shape index (κ3) is 2.29. The van der Waals surface area contributed by atoms with Crippen molar-refractivity contribution >= 4 is 12.0 Å². The van der Waals surface area contributed by atoms with Gasteiger partial charge in [0.15, 0.2) is 5.69 Å². The molecule has 5 heteroatoms. The summed E-state index contributed by atoms with van der Waals surface area (Å²) in [6.45, 7) is 4.24. The van der Waals surface area contributed by atoms with Crippen LogP contribution in [0.1, 0.15) is 30.8 Å². The Labute approximate surface area is 87.8 Å². The number of ether oxygens (including phenoxy) is 1. The topological polar surface area (TPSA) is 64.4 Å². The highest BCUT2D eigenvalue weighted by Crippen LogP contribution is 2.32. The predicted molar refractivity (Wildman–Crippen MR) is 53.7 cm³/mol. The summed E-state index contributed by atoms with van der Waals surface area (Å²) in [5.74, 6) is 0.209.